The van der Waals surface area contributed by atoms with Crippen molar-refractivity contribution in [3.8, 4) is 0 Å². The molecule has 4 nitrogen and oxygen atoms in total. The molecular formula is C8H10N2O2. The van der Waals surface area contributed by atoms with Crippen molar-refractivity contribution < 1.29 is 9.90 Å². The molecule has 4 heteroatoms. The quantitative estimate of drug-likeness (QED) is 0.701. The molecule has 64 valence electrons. The molecule has 0 atom stereocenters. The van der Waals surface area contributed by atoms with Gasteiger partial charge in [0, 0.05) is 11.6 Å². The van der Waals surface area contributed by atoms with Crippen molar-refractivity contribution in [2.45, 2.75) is 25.2 Å². The van der Waals surface area contributed by atoms with Crippen molar-refractivity contribution in [2.24, 2.45) is 0 Å². The molecule has 1 aliphatic rings. The summed E-state index contributed by atoms with van der Waals surface area (Å²) in [6.07, 6.45) is 2.43. The van der Waals surface area contributed by atoms with Crippen LogP contribution >= 0.6 is 0 Å². The van der Waals surface area contributed by atoms with Crippen molar-refractivity contribution in [2.75, 3.05) is 0 Å². The first-order valence-corrected chi connectivity index (χ1v) is 4.01. The lowest BCUT2D eigenvalue weighted by Crippen LogP contribution is -1.99. The Morgan fingerprint density at radius 1 is 1.75 bits per heavy atom. The first-order valence-electron chi connectivity index (χ1n) is 4.01. The van der Waals surface area contributed by atoms with E-state index in [2.05, 4.69) is 10.2 Å². The Balaban J connectivity index is 2.07. The maximum atomic E-state index is 10.3. The summed E-state index contributed by atoms with van der Waals surface area (Å²) in [6.45, 7) is 0. The van der Waals surface area contributed by atoms with Gasteiger partial charge in [-0.15, -0.1) is 0 Å². The second-order valence-electron chi connectivity index (χ2n) is 3.16. The SMILES string of the molecule is O=C(O)Cc1cc(C2CC2)n[nH]1. The molecule has 1 fully saturated rings. The fourth-order valence-corrected chi connectivity index (χ4v) is 1.22. The smallest absolute Gasteiger partial charge is 0.309 e. The average molecular weight is 166 g/mol. The monoisotopic (exact) mass is 166 g/mol. The van der Waals surface area contributed by atoms with Crippen LogP contribution in [0.15, 0.2) is 6.07 Å². The molecule has 12 heavy (non-hydrogen) atoms. The Morgan fingerprint density at radius 2 is 2.50 bits per heavy atom. The van der Waals surface area contributed by atoms with Gasteiger partial charge in [0.25, 0.3) is 0 Å². The summed E-state index contributed by atoms with van der Waals surface area (Å²) in [7, 11) is 0. The van der Waals surface area contributed by atoms with Gasteiger partial charge in [0.05, 0.1) is 12.1 Å². The molecular weight excluding hydrogens is 156 g/mol. The number of aliphatic carboxylic acids is 1. The third kappa shape index (κ3) is 1.47. The van der Waals surface area contributed by atoms with Crippen LogP contribution in [0.3, 0.4) is 0 Å². The fraction of sp³-hybridized carbons (Fsp3) is 0.500. The van der Waals surface area contributed by atoms with Crippen LogP contribution in [-0.4, -0.2) is 21.3 Å². The lowest BCUT2D eigenvalue weighted by Gasteiger charge is -1.86. The summed E-state index contributed by atoms with van der Waals surface area (Å²) in [5.74, 6) is -0.232. The van der Waals surface area contributed by atoms with E-state index in [9.17, 15) is 4.79 Å². The van der Waals surface area contributed by atoms with E-state index in [-0.39, 0.29) is 6.42 Å². The number of H-pyrrole nitrogens is 1. The molecule has 1 saturated carbocycles. The standard InChI is InChI=1S/C8H10N2O2/c11-8(12)4-6-3-7(10-9-6)5-1-2-5/h3,5H,1-2,4H2,(H,9,10)(H,11,12). The highest BCUT2D eigenvalue weighted by Gasteiger charge is 2.26. The summed E-state index contributed by atoms with van der Waals surface area (Å²) in [6, 6.07) is 1.85. The topological polar surface area (TPSA) is 66.0 Å². The highest BCUT2D eigenvalue weighted by atomic mass is 16.4. The predicted octanol–water partition coefficient (Wildman–Crippen LogP) is 0.914. The first-order chi connectivity index (χ1) is 5.75. The number of hydrogen-bond acceptors (Lipinski definition) is 2. The number of nitrogens with zero attached hydrogens (tertiary/aromatic N) is 1. The Bertz CT molecular complexity index is 302. The highest BCUT2D eigenvalue weighted by molar-refractivity contribution is 5.69. The molecule has 0 aliphatic heterocycles. The van der Waals surface area contributed by atoms with Crippen molar-refractivity contribution in [3.63, 3.8) is 0 Å². The van der Waals surface area contributed by atoms with E-state index in [1.165, 1.54) is 12.8 Å². The molecule has 1 heterocycles. The van der Waals surface area contributed by atoms with Crippen molar-refractivity contribution in [1.82, 2.24) is 10.2 Å². The van der Waals surface area contributed by atoms with E-state index in [4.69, 9.17) is 5.11 Å². The van der Waals surface area contributed by atoms with Crippen LogP contribution in [0.1, 0.15) is 30.1 Å². The Labute approximate surface area is 69.6 Å². The number of carbonyl (C=O) groups is 1. The summed E-state index contributed by atoms with van der Waals surface area (Å²) >= 11 is 0. The van der Waals surface area contributed by atoms with E-state index in [0.717, 1.165) is 5.69 Å². The molecule has 0 amide bonds. The normalized spacial score (nSPS) is 16.3. The van der Waals surface area contributed by atoms with Gasteiger partial charge in [-0.1, -0.05) is 0 Å². The molecule has 0 radical (unpaired) electrons. The first kappa shape index (κ1) is 7.34. The predicted molar refractivity (Wildman–Crippen MR) is 41.9 cm³/mol. The minimum Gasteiger partial charge on any atom is -0.481 e. The van der Waals surface area contributed by atoms with Crippen LogP contribution in [0.2, 0.25) is 0 Å². The number of carboxylic acids is 1. The van der Waals surface area contributed by atoms with Gasteiger partial charge in [-0.2, -0.15) is 5.10 Å². The molecule has 2 rings (SSSR count). The van der Waals surface area contributed by atoms with Crippen LogP contribution in [0, 0.1) is 0 Å². The van der Waals surface area contributed by atoms with Crippen LogP contribution in [0.5, 0.6) is 0 Å². The zero-order valence-electron chi connectivity index (χ0n) is 6.58. The Hall–Kier alpha value is -1.32. The Morgan fingerprint density at radius 3 is 3.08 bits per heavy atom. The minimum atomic E-state index is -0.819. The Kier molecular flexibility index (Phi) is 1.60. The summed E-state index contributed by atoms with van der Waals surface area (Å²) in [5, 5.41) is 15.3. The van der Waals surface area contributed by atoms with Crippen molar-refractivity contribution >= 4 is 5.97 Å². The van der Waals surface area contributed by atoms with Gasteiger partial charge in [0.15, 0.2) is 0 Å². The van der Waals surface area contributed by atoms with Gasteiger partial charge >= 0.3 is 5.97 Å². The number of aromatic nitrogens is 2. The lowest BCUT2D eigenvalue weighted by atomic mass is 10.2. The molecule has 1 aliphatic carbocycles. The molecule has 1 aromatic rings. The lowest BCUT2D eigenvalue weighted by molar-refractivity contribution is -0.136. The molecule has 2 N–H and O–H groups in total. The maximum absolute atomic E-state index is 10.3. The molecule has 1 aromatic heterocycles. The van der Waals surface area contributed by atoms with Crippen LogP contribution in [0.4, 0.5) is 0 Å². The number of hydrogen-bond donors (Lipinski definition) is 2. The van der Waals surface area contributed by atoms with E-state index >= 15 is 0 Å². The summed E-state index contributed by atoms with van der Waals surface area (Å²) < 4.78 is 0. The molecule has 0 spiro atoms. The van der Waals surface area contributed by atoms with Gasteiger partial charge < -0.3 is 5.11 Å². The fourth-order valence-electron chi connectivity index (χ4n) is 1.22. The van der Waals surface area contributed by atoms with Gasteiger partial charge in [0.1, 0.15) is 0 Å². The third-order valence-electron chi connectivity index (χ3n) is 1.99. The zero-order chi connectivity index (χ0) is 8.55. The minimum absolute atomic E-state index is 0.0414. The van der Waals surface area contributed by atoms with E-state index in [0.29, 0.717) is 11.6 Å². The van der Waals surface area contributed by atoms with Gasteiger partial charge in [0.2, 0.25) is 0 Å². The van der Waals surface area contributed by atoms with Crippen molar-refractivity contribution in [1.29, 1.82) is 0 Å². The molecule has 0 unspecified atom stereocenters. The average Bonchev–Trinajstić information content (AvgIpc) is 2.73. The van der Waals surface area contributed by atoms with Gasteiger partial charge in [-0.3, -0.25) is 9.89 Å². The summed E-state index contributed by atoms with van der Waals surface area (Å²) in [5.41, 5.74) is 1.72. The summed E-state index contributed by atoms with van der Waals surface area (Å²) in [4.78, 5) is 10.3. The van der Waals surface area contributed by atoms with Crippen LogP contribution in [-0.2, 0) is 11.2 Å². The van der Waals surface area contributed by atoms with Gasteiger partial charge in [-0.05, 0) is 18.9 Å². The number of nitrogens with one attached hydrogen (secondary N) is 1. The second-order valence-corrected chi connectivity index (χ2v) is 3.16. The van der Waals surface area contributed by atoms with E-state index in [1.807, 2.05) is 6.07 Å². The molecule has 0 saturated heterocycles. The number of carboxylic acid groups (broad SMARTS) is 1. The van der Waals surface area contributed by atoms with Gasteiger partial charge in [-0.25, -0.2) is 0 Å². The maximum Gasteiger partial charge on any atom is 0.309 e. The van der Waals surface area contributed by atoms with E-state index < -0.39 is 5.97 Å². The molecule has 0 bridgehead atoms. The highest BCUT2D eigenvalue weighted by Crippen LogP contribution is 2.38. The zero-order valence-corrected chi connectivity index (χ0v) is 6.58. The second kappa shape index (κ2) is 2.62. The van der Waals surface area contributed by atoms with E-state index in [1.54, 1.807) is 0 Å². The number of rotatable bonds is 3. The molecule has 0 aromatic carbocycles. The van der Waals surface area contributed by atoms with Crippen molar-refractivity contribution in [3.05, 3.63) is 17.5 Å². The van der Waals surface area contributed by atoms with Crippen LogP contribution in [0.25, 0.3) is 0 Å². The van der Waals surface area contributed by atoms with Crippen LogP contribution < -0.4 is 0 Å². The largest absolute Gasteiger partial charge is 0.481 e. The third-order valence-corrected chi connectivity index (χ3v) is 1.99. The number of aromatic amines is 1.